The lowest BCUT2D eigenvalue weighted by Crippen LogP contribution is -2.29. The molecule has 1 fully saturated rings. The molecule has 1 aliphatic rings. The molecule has 30 heavy (non-hydrogen) atoms. The molecule has 0 bridgehead atoms. The normalized spacial score (nSPS) is 18.1. The summed E-state index contributed by atoms with van der Waals surface area (Å²) in [6.07, 6.45) is 0. The van der Waals surface area contributed by atoms with Gasteiger partial charge in [-0.2, -0.15) is 0 Å². The zero-order valence-electron chi connectivity index (χ0n) is 16.9. The molecule has 1 aliphatic heterocycles. The second-order valence-electron chi connectivity index (χ2n) is 7.21. The maximum absolute atomic E-state index is 13.1. The van der Waals surface area contributed by atoms with Crippen LogP contribution in [0.3, 0.4) is 0 Å². The number of benzene rings is 2. The highest BCUT2D eigenvalue weighted by Gasteiger charge is 2.47. The molecule has 1 amide bonds. The number of carbonyl (C=O) groups excluding carboxylic acids is 2. The van der Waals surface area contributed by atoms with E-state index >= 15 is 0 Å². The van der Waals surface area contributed by atoms with Gasteiger partial charge in [-0.05, 0) is 66.8 Å². The first kappa shape index (κ1) is 19.9. The van der Waals surface area contributed by atoms with E-state index in [9.17, 15) is 14.7 Å². The molecule has 0 radical (unpaired) electrons. The molecule has 1 unspecified atom stereocenters. The third kappa shape index (κ3) is 3.29. The molecular formula is C24H21NO4S. The van der Waals surface area contributed by atoms with Crippen LogP contribution in [0.1, 0.15) is 27.6 Å². The third-order valence-corrected chi connectivity index (χ3v) is 6.13. The van der Waals surface area contributed by atoms with Gasteiger partial charge in [-0.1, -0.05) is 18.2 Å². The Morgan fingerprint density at radius 3 is 2.50 bits per heavy atom. The van der Waals surface area contributed by atoms with Crippen LogP contribution < -0.4 is 9.64 Å². The number of aliphatic hydroxyl groups is 1. The molecule has 1 saturated heterocycles. The van der Waals surface area contributed by atoms with Crippen molar-refractivity contribution < 1.29 is 19.4 Å². The first-order chi connectivity index (χ1) is 14.4. The van der Waals surface area contributed by atoms with E-state index in [1.165, 1.54) is 16.2 Å². The fraction of sp³-hybridized carbons (Fsp3) is 0.167. The van der Waals surface area contributed by atoms with E-state index in [-0.39, 0.29) is 11.3 Å². The van der Waals surface area contributed by atoms with Gasteiger partial charge in [0.25, 0.3) is 11.7 Å². The number of Topliss-reactive ketones (excluding diaryl/α,β-unsaturated/α-hetero) is 1. The van der Waals surface area contributed by atoms with E-state index < -0.39 is 17.7 Å². The molecule has 3 aromatic rings. The van der Waals surface area contributed by atoms with Gasteiger partial charge in [-0.3, -0.25) is 14.5 Å². The predicted molar refractivity (Wildman–Crippen MR) is 118 cm³/mol. The maximum Gasteiger partial charge on any atom is 0.300 e. The molecule has 1 N–H and O–H groups in total. The number of aliphatic hydroxyl groups excluding tert-OH is 1. The summed E-state index contributed by atoms with van der Waals surface area (Å²) in [4.78, 5) is 28.4. The number of nitrogens with zero attached hydrogens (tertiary/aromatic N) is 1. The molecular weight excluding hydrogens is 398 g/mol. The third-order valence-electron chi connectivity index (χ3n) is 5.21. The van der Waals surface area contributed by atoms with E-state index in [1.54, 1.807) is 31.4 Å². The van der Waals surface area contributed by atoms with Crippen LogP contribution in [0.4, 0.5) is 5.69 Å². The summed E-state index contributed by atoms with van der Waals surface area (Å²) in [6.45, 7) is 3.79. The summed E-state index contributed by atoms with van der Waals surface area (Å²) in [5, 5.41) is 13.0. The van der Waals surface area contributed by atoms with Crippen molar-refractivity contribution in [2.24, 2.45) is 0 Å². The number of amides is 1. The lowest BCUT2D eigenvalue weighted by molar-refractivity contribution is -0.132. The average molecular weight is 420 g/mol. The molecule has 0 spiro atoms. The van der Waals surface area contributed by atoms with Gasteiger partial charge >= 0.3 is 0 Å². The summed E-state index contributed by atoms with van der Waals surface area (Å²) >= 11 is 1.44. The van der Waals surface area contributed by atoms with Gasteiger partial charge in [0.2, 0.25) is 0 Å². The smallest absolute Gasteiger partial charge is 0.300 e. The molecule has 0 saturated carbocycles. The van der Waals surface area contributed by atoms with Crippen LogP contribution in [0.2, 0.25) is 0 Å². The second kappa shape index (κ2) is 7.80. The van der Waals surface area contributed by atoms with E-state index in [2.05, 4.69) is 0 Å². The molecule has 152 valence electrons. The lowest BCUT2D eigenvalue weighted by Gasteiger charge is -2.24. The Bertz CT molecular complexity index is 1160. The van der Waals surface area contributed by atoms with Crippen molar-refractivity contribution in [3.63, 3.8) is 0 Å². The van der Waals surface area contributed by atoms with E-state index in [0.29, 0.717) is 17.0 Å². The van der Waals surface area contributed by atoms with Crippen LogP contribution in [0.25, 0.3) is 5.76 Å². The van der Waals surface area contributed by atoms with Crippen molar-refractivity contribution in [3.8, 4) is 5.75 Å². The van der Waals surface area contributed by atoms with Gasteiger partial charge in [0.05, 0.1) is 12.7 Å². The van der Waals surface area contributed by atoms with Crippen molar-refractivity contribution >= 4 is 34.5 Å². The van der Waals surface area contributed by atoms with Gasteiger partial charge in [-0.25, -0.2) is 0 Å². The molecule has 2 aromatic carbocycles. The minimum Gasteiger partial charge on any atom is -0.507 e. The first-order valence-electron chi connectivity index (χ1n) is 9.48. The molecule has 1 atom stereocenters. The molecule has 2 heterocycles. The van der Waals surface area contributed by atoms with E-state index in [1.807, 2.05) is 49.6 Å². The van der Waals surface area contributed by atoms with E-state index in [0.717, 1.165) is 16.0 Å². The first-order valence-corrected chi connectivity index (χ1v) is 10.4. The van der Waals surface area contributed by atoms with Crippen LogP contribution >= 0.6 is 11.3 Å². The Morgan fingerprint density at radius 1 is 1.07 bits per heavy atom. The second-order valence-corrected chi connectivity index (χ2v) is 8.19. The van der Waals surface area contributed by atoms with Crippen LogP contribution in [0.15, 0.2) is 65.6 Å². The molecule has 6 heteroatoms. The minimum absolute atomic E-state index is 0.0912. The van der Waals surface area contributed by atoms with Crippen LogP contribution in [-0.4, -0.2) is 23.9 Å². The molecule has 0 aliphatic carbocycles. The van der Waals surface area contributed by atoms with Crippen LogP contribution in [0, 0.1) is 13.8 Å². The van der Waals surface area contributed by atoms with Gasteiger partial charge in [0.15, 0.2) is 0 Å². The van der Waals surface area contributed by atoms with Gasteiger partial charge in [0.1, 0.15) is 17.6 Å². The topological polar surface area (TPSA) is 66.8 Å². The summed E-state index contributed by atoms with van der Waals surface area (Å²) in [6, 6.07) is 15.7. The number of methoxy groups -OCH3 is 1. The number of ether oxygens (including phenoxy) is 1. The number of anilines is 1. The Balaban J connectivity index is 1.92. The quantitative estimate of drug-likeness (QED) is 0.367. The molecule has 5 nitrogen and oxygen atoms in total. The zero-order chi connectivity index (χ0) is 21.4. The van der Waals surface area contributed by atoms with Crippen molar-refractivity contribution in [2.75, 3.05) is 12.0 Å². The van der Waals surface area contributed by atoms with Crippen molar-refractivity contribution in [1.82, 2.24) is 0 Å². The predicted octanol–water partition coefficient (Wildman–Crippen LogP) is 5.00. The van der Waals surface area contributed by atoms with Crippen molar-refractivity contribution in [2.45, 2.75) is 19.9 Å². The minimum atomic E-state index is -0.694. The largest absolute Gasteiger partial charge is 0.507 e. The van der Waals surface area contributed by atoms with Crippen molar-refractivity contribution in [3.05, 3.63) is 87.1 Å². The Labute approximate surface area is 178 Å². The highest BCUT2D eigenvalue weighted by atomic mass is 32.1. The number of thiophene rings is 1. The number of carbonyl (C=O) groups is 2. The van der Waals surface area contributed by atoms with E-state index in [4.69, 9.17) is 4.74 Å². The molecule has 1 aromatic heterocycles. The summed E-state index contributed by atoms with van der Waals surface area (Å²) < 4.78 is 5.28. The number of hydrogen-bond acceptors (Lipinski definition) is 5. The SMILES string of the molecule is COc1ccc(/C(O)=C2/C(=O)C(=O)N(c3cccc(C)c3)C2c2cccs2)cc1C. The lowest BCUT2D eigenvalue weighted by atomic mass is 9.98. The van der Waals surface area contributed by atoms with Gasteiger partial charge in [-0.15, -0.1) is 11.3 Å². The molecule has 4 rings (SSSR count). The number of rotatable bonds is 4. The monoisotopic (exact) mass is 419 g/mol. The standard InChI is InChI=1S/C24H21NO4S/c1-14-6-4-7-17(12-14)25-21(19-8-5-11-30-19)20(23(27)24(25)28)22(26)16-9-10-18(29-3)15(2)13-16/h4-13,21,26H,1-3H3/b22-20-. The summed E-state index contributed by atoms with van der Waals surface area (Å²) in [5.41, 5.74) is 2.98. The van der Waals surface area contributed by atoms with Gasteiger partial charge < -0.3 is 9.84 Å². The highest BCUT2D eigenvalue weighted by molar-refractivity contribution is 7.10. The average Bonchev–Trinajstić information content (AvgIpc) is 3.34. The van der Waals surface area contributed by atoms with Crippen LogP contribution in [0.5, 0.6) is 5.75 Å². The summed E-state index contributed by atoms with van der Waals surface area (Å²) in [7, 11) is 1.58. The fourth-order valence-corrected chi connectivity index (χ4v) is 4.60. The number of hydrogen-bond donors (Lipinski definition) is 1. The summed E-state index contributed by atoms with van der Waals surface area (Å²) in [5.74, 6) is -0.846. The van der Waals surface area contributed by atoms with Gasteiger partial charge in [0, 0.05) is 16.1 Å². The maximum atomic E-state index is 13.1. The number of aryl methyl sites for hydroxylation is 2. The zero-order valence-corrected chi connectivity index (χ0v) is 17.7. The fourth-order valence-electron chi connectivity index (χ4n) is 3.77. The Morgan fingerprint density at radius 2 is 1.87 bits per heavy atom. The Hall–Kier alpha value is -3.38. The van der Waals surface area contributed by atoms with Crippen LogP contribution in [-0.2, 0) is 9.59 Å². The Kier molecular flexibility index (Phi) is 5.18. The number of ketones is 1. The van der Waals surface area contributed by atoms with Crippen molar-refractivity contribution in [1.29, 1.82) is 0 Å². The highest BCUT2D eigenvalue weighted by Crippen LogP contribution is 2.43.